The quantitative estimate of drug-likeness (QED) is 0.743. The van der Waals surface area contributed by atoms with Gasteiger partial charge in [-0.25, -0.2) is 5.01 Å². The van der Waals surface area contributed by atoms with Gasteiger partial charge in [-0.15, -0.1) is 0 Å². The summed E-state index contributed by atoms with van der Waals surface area (Å²) in [5.74, 6) is 0. The summed E-state index contributed by atoms with van der Waals surface area (Å²) in [5.41, 5.74) is 4.66. The zero-order valence-electron chi connectivity index (χ0n) is 9.78. The molecule has 0 saturated carbocycles. The van der Waals surface area contributed by atoms with Crippen LogP contribution in [0.1, 0.15) is 19.3 Å². The third-order valence-electron chi connectivity index (χ3n) is 2.92. The van der Waals surface area contributed by atoms with Crippen LogP contribution in [0.4, 0.5) is 5.69 Å². The number of rotatable bonds is 5. The highest BCUT2D eigenvalue weighted by molar-refractivity contribution is 5.42. The summed E-state index contributed by atoms with van der Waals surface area (Å²) < 4.78 is 0. The van der Waals surface area contributed by atoms with Crippen molar-refractivity contribution < 1.29 is 0 Å². The minimum Gasteiger partial charge on any atom is -0.384 e. The predicted molar refractivity (Wildman–Crippen MR) is 68.4 cm³/mol. The molecule has 88 valence electrons. The van der Waals surface area contributed by atoms with Crippen LogP contribution in [0.15, 0.2) is 30.3 Å². The molecule has 0 bridgehead atoms. The molecule has 2 rings (SSSR count). The van der Waals surface area contributed by atoms with E-state index in [1.54, 1.807) is 0 Å². The summed E-state index contributed by atoms with van der Waals surface area (Å²) in [6.45, 7) is 4.37. The van der Waals surface area contributed by atoms with Gasteiger partial charge in [0, 0.05) is 31.9 Å². The van der Waals surface area contributed by atoms with Crippen molar-refractivity contribution in [3.05, 3.63) is 30.3 Å². The molecule has 1 heterocycles. The molecule has 0 aromatic heterocycles. The number of hydrazine groups is 1. The van der Waals surface area contributed by atoms with E-state index >= 15 is 0 Å². The van der Waals surface area contributed by atoms with Crippen molar-refractivity contribution in [3.63, 3.8) is 0 Å². The zero-order chi connectivity index (χ0) is 11.1. The molecule has 1 fully saturated rings. The molecule has 0 unspecified atom stereocenters. The second-order valence-electron chi connectivity index (χ2n) is 4.25. The first-order valence-corrected chi connectivity index (χ1v) is 6.22. The molecular formula is C13H21N3. The van der Waals surface area contributed by atoms with Gasteiger partial charge in [0.1, 0.15) is 0 Å². The maximum atomic E-state index is 3.46. The summed E-state index contributed by atoms with van der Waals surface area (Å²) in [4.78, 5) is 0. The lowest BCUT2D eigenvalue weighted by atomic mass is 10.2. The van der Waals surface area contributed by atoms with Gasteiger partial charge >= 0.3 is 0 Å². The molecule has 1 aromatic rings. The standard InChI is InChI=1S/C13H21N3/c1-3-7-13(8-4-1)14-9-10-15-16-11-5-2-6-12-16/h1,3-4,7-8,14-15H,2,5-6,9-12H2. The lowest BCUT2D eigenvalue weighted by Gasteiger charge is -2.27. The van der Waals surface area contributed by atoms with E-state index in [4.69, 9.17) is 0 Å². The van der Waals surface area contributed by atoms with Gasteiger partial charge in [-0.2, -0.15) is 0 Å². The largest absolute Gasteiger partial charge is 0.384 e. The molecule has 16 heavy (non-hydrogen) atoms. The first-order valence-electron chi connectivity index (χ1n) is 6.22. The highest BCUT2D eigenvalue weighted by atomic mass is 15.5. The average Bonchev–Trinajstić information content (AvgIpc) is 2.37. The van der Waals surface area contributed by atoms with Crippen LogP contribution in [0.3, 0.4) is 0 Å². The second kappa shape index (κ2) is 6.51. The molecule has 2 N–H and O–H groups in total. The Labute approximate surface area is 97.8 Å². The molecular weight excluding hydrogens is 198 g/mol. The number of anilines is 1. The maximum absolute atomic E-state index is 3.46. The van der Waals surface area contributed by atoms with Crippen molar-refractivity contribution in [1.82, 2.24) is 10.4 Å². The predicted octanol–water partition coefficient (Wildman–Crippen LogP) is 2.09. The zero-order valence-corrected chi connectivity index (χ0v) is 9.78. The first kappa shape index (κ1) is 11.4. The molecule has 0 spiro atoms. The van der Waals surface area contributed by atoms with Gasteiger partial charge in [0.15, 0.2) is 0 Å². The van der Waals surface area contributed by atoms with Crippen molar-refractivity contribution in [2.24, 2.45) is 0 Å². The van der Waals surface area contributed by atoms with Crippen LogP contribution in [0.2, 0.25) is 0 Å². The van der Waals surface area contributed by atoms with Gasteiger partial charge in [0.05, 0.1) is 0 Å². The fraction of sp³-hybridized carbons (Fsp3) is 0.538. The lowest BCUT2D eigenvalue weighted by Crippen LogP contribution is -2.43. The Hall–Kier alpha value is -1.06. The molecule has 0 amide bonds. The highest BCUT2D eigenvalue weighted by Crippen LogP contribution is 2.06. The Morgan fingerprint density at radius 3 is 2.44 bits per heavy atom. The summed E-state index contributed by atoms with van der Waals surface area (Å²) >= 11 is 0. The van der Waals surface area contributed by atoms with Gasteiger partial charge in [0.2, 0.25) is 0 Å². The second-order valence-corrected chi connectivity index (χ2v) is 4.25. The van der Waals surface area contributed by atoms with E-state index in [1.807, 2.05) is 6.07 Å². The van der Waals surface area contributed by atoms with Gasteiger partial charge in [0.25, 0.3) is 0 Å². The smallest absolute Gasteiger partial charge is 0.0340 e. The molecule has 0 atom stereocenters. The number of nitrogens with one attached hydrogen (secondary N) is 2. The van der Waals surface area contributed by atoms with Crippen LogP contribution in [-0.4, -0.2) is 31.2 Å². The maximum Gasteiger partial charge on any atom is 0.0340 e. The molecule has 1 aliphatic heterocycles. The van der Waals surface area contributed by atoms with E-state index in [0.717, 1.165) is 13.1 Å². The Morgan fingerprint density at radius 2 is 1.69 bits per heavy atom. The average molecular weight is 219 g/mol. The van der Waals surface area contributed by atoms with Crippen LogP contribution < -0.4 is 10.7 Å². The molecule has 0 aliphatic carbocycles. The lowest BCUT2D eigenvalue weighted by molar-refractivity contribution is 0.157. The van der Waals surface area contributed by atoms with Crippen LogP contribution in [-0.2, 0) is 0 Å². The van der Waals surface area contributed by atoms with E-state index in [-0.39, 0.29) is 0 Å². The number of benzene rings is 1. The fourth-order valence-corrected chi connectivity index (χ4v) is 2.03. The van der Waals surface area contributed by atoms with E-state index < -0.39 is 0 Å². The summed E-state index contributed by atoms with van der Waals surface area (Å²) in [7, 11) is 0. The minimum absolute atomic E-state index is 0.973. The Balaban J connectivity index is 1.58. The summed E-state index contributed by atoms with van der Waals surface area (Å²) in [5, 5.41) is 5.74. The van der Waals surface area contributed by atoms with Crippen LogP contribution in [0.5, 0.6) is 0 Å². The van der Waals surface area contributed by atoms with Crippen molar-refractivity contribution in [1.29, 1.82) is 0 Å². The van der Waals surface area contributed by atoms with Crippen LogP contribution in [0.25, 0.3) is 0 Å². The van der Waals surface area contributed by atoms with Gasteiger partial charge in [-0.3, -0.25) is 5.43 Å². The SMILES string of the molecule is c1ccc(NCCNN2CCCCC2)cc1. The highest BCUT2D eigenvalue weighted by Gasteiger charge is 2.07. The topological polar surface area (TPSA) is 27.3 Å². The monoisotopic (exact) mass is 219 g/mol. The molecule has 0 radical (unpaired) electrons. The number of piperidine rings is 1. The first-order chi connectivity index (χ1) is 7.95. The molecule has 1 aliphatic rings. The van der Waals surface area contributed by atoms with Gasteiger partial charge in [-0.1, -0.05) is 24.6 Å². The van der Waals surface area contributed by atoms with Crippen molar-refractivity contribution in [2.75, 3.05) is 31.5 Å². The Morgan fingerprint density at radius 1 is 0.938 bits per heavy atom. The Bertz CT molecular complexity index is 280. The normalized spacial score (nSPS) is 17.2. The third-order valence-corrected chi connectivity index (χ3v) is 2.92. The van der Waals surface area contributed by atoms with Gasteiger partial charge < -0.3 is 5.32 Å². The number of para-hydroxylation sites is 1. The molecule has 1 saturated heterocycles. The fourth-order valence-electron chi connectivity index (χ4n) is 2.03. The van der Waals surface area contributed by atoms with Crippen LogP contribution in [0, 0.1) is 0 Å². The Kier molecular flexibility index (Phi) is 4.65. The number of hydrogen-bond acceptors (Lipinski definition) is 3. The van der Waals surface area contributed by atoms with E-state index in [2.05, 4.69) is 40.0 Å². The van der Waals surface area contributed by atoms with Crippen LogP contribution >= 0.6 is 0 Å². The van der Waals surface area contributed by atoms with Crippen molar-refractivity contribution >= 4 is 5.69 Å². The van der Waals surface area contributed by atoms with Gasteiger partial charge in [-0.05, 0) is 25.0 Å². The number of nitrogens with zero attached hydrogens (tertiary/aromatic N) is 1. The molecule has 1 aromatic carbocycles. The van der Waals surface area contributed by atoms with E-state index in [9.17, 15) is 0 Å². The minimum atomic E-state index is 0.973. The molecule has 3 heteroatoms. The third kappa shape index (κ3) is 3.83. The van der Waals surface area contributed by atoms with E-state index in [1.165, 1.54) is 38.0 Å². The summed E-state index contributed by atoms with van der Waals surface area (Å²) in [6.07, 6.45) is 4.05. The summed E-state index contributed by atoms with van der Waals surface area (Å²) in [6, 6.07) is 10.3. The van der Waals surface area contributed by atoms with Crippen molar-refractivity contribution in [3.8, 4) is 0 Å². The number of hydrogen-bond donors (Lipinski definition) is 2. The molecule has 3 nitrogen and oxygen atoms in total. The van der Waals surface area contributed by atoms with E-state index in [0.29, 0.717) is 0 Å². The van der Waals surface area contributed by atoms with Crippen molar-refractivity contribution in [2.45, 2.75) is 19.3 Å².